The van der Waals surface area contributed by atoms with Gasteiger partial charge in [-0.15, -0.1) is 0 Å². The highest BCUT2D eigenvalue weighted by Gasteiger charge is 2.24. The van der Waals surface area contributed by atoms with E-state index in [4.69, 9.17) is 4.42 Å². The van der Waals surface area contributed by atoms with E-state index >= 15 is 0 Å². The highest BCUT2D eigenvalue weighted by molar-refractivity contribution is 7.68. The molecule has 0 aliphatic carbocycles. The summed E-state index contributed by atoms with van der Waals surface area (Å²) in [6.45, 7) is 0. The Morgan fingerprint density at radius 3 is 1.20 bits per heavy atom. The molecule has 302 valence electrons. The maximum atomic E-state index is 6.89. The second kappa shape index (κ2) is 14.4. The first-order chi connectivity index (χ1) is 32.3. The average Bonchev–Trinajstić information content (AvgIpc) is 4.04. The van der Waals surface area contributed by atoms with Gasteiger partial charge in [0.1, 0.15) is 11.2 Å². The van der Waals surface area contributed by atoms with E-state index in [-0.39, 0.29) is 0 Å². The number of benzene rings is 11. The second-order valence-corrected chi connectivity index (χ2v) is 21.3. The van der Waals surface area contributed by atoms with Crippen molar-refractivity contribution in [1.29, 1.82) is 0 Å². The van der Waals surface area contributed by atoms with Crippen molar-refractivity contribution in [3.8, 4) is 44.0 Å². The minimum absolute atomic E-state index is 0.802. The zero-order valence-corrected chi connectivity index (χ0v) is 37.0. The molecule has 3 heterocycles. The molecule has 2 unspecified atom stereocenters. The van der Waals surface area contributed by atoms with Crippen LogP contribution >= 0.6 is 15.1 Å². The fourth-order valence-electron chi connectivity index (χ4n) is 11.0. The molecule has 3 heteroatoms. The largest absolute Gasteiger partial charge is 0.455 e. The molecule has 0 aliphatic heterocycles. The van der Waals surface area contributed by atoms with Crippen LogP contribution in [0.15, 0.2) is 235 Å². The van der Waals surface area contributed by atoms with Crippen molar-refractivity contribution in [2.24, 2.45) is 0 Å². The number of para-hydroxylation sites is 2. The minimum atomic E-state index is -0.802. The molecule has 0 fully saturated rings. The lowest BCUT2D eigenvalue weighted by Gasteiger charge is -2.19. The average molecular weight is 861 g/mol. The van der Waals surface area contributed by atoms with E-state index in [1.54, 1.807) is 0 Å². The fraction of sp³-hybridized carbons (Fsp3) is 0. The summed E-state index contributed by atoms with van der Waals surface area (Å²) in [4.78, 5) is 0. The van der Waals surface area contributed by atoms with Gasteiger partial charge in [-0.25, -0.2) is 0 Å². The number of fused-ring (bicyclic) bond motifs is 11. The van der Waals surface area contributed by atoms with E-state index in [1.165, 1.54) is 102 Å². The van der Waals surface area contributed by atoms with E-state index < -0.39 is 15.1 Å². The van der Waals surface area contributed by atoms with Crippen LogP contribution < -0.4 is 0 Å². The first-order valence-corrected chi connectivity index (χ1v) is 25.0. The van der Waals surface area contributed by atoms with E-state index in [1.807, 2.05) is 0 Å². The Morgan fingerprint density at radius 2 is 0.662 bits per heavy atom. The van der Waals surface area contributed by atoms with Gasteiger partial charge in [-0.2, -0.15) is 0 Å². The normalized spacial score (nSPS) is 12.6. The van der Waals surface area contributed by atoms with Gasteiger partial charge < -0.3 is 4.42 Å². The number of furan rings is 1. The first kappa shape index (κ1) is 36.8. The summed E-state index contributed by atoms with van der Waals surface area (Å²) in [6, 6.07) is 86.1. The van der Waals surface area contributed by atoms with Crippen LogP contribution in [0.5, 0.6) is 0 Å². The molecular formula is C62H38OP2. The quantitative estimate of drug-likeness (QED) is 0.157. The molecule has 11 aromatic carbocycles. The van der Waals surface area contributed by atoms with Crippen LogP contribution in [0.2, 0.25) is 0 Å². The van der Waals surface area contributed by atoms with Crippen LogP contribution in [-0.4, -0.2) is 0 Å². The van der Waals surface area contributed by atoms with Crippen LogP contribution in [-0.2, 0) is 0 Å². The summed E-state index contributed by atoms with van der Waals surface area (Å²) in [5.74, 6) is 0. The third-order valence-electron chi connectivity index (χ3n) is 13.7. The Labute approximate surface area is 377 Å². The van der Waals surface area contributed by atoms with Crippen molar-refractivity contribution in [2.75, 3.05) is 0 Å². The number of hydrogen-bond acceptors (Lipinski definition) is 1. The summed E-state index contributed by atoms with van der Waals surface area (Å²) in [7, 11) is -1.60. The van der Waals surface area contributed by atoms with E-state index in [0.29, 0.717) is 0 Å². The lowest BCUT2D eigenvalue weighted by molar-refractivity contribution is 0.670. The second-order valence-electron chi connectivity index (χ2n) is 17.1. The topological polar surface area (TPSA) is 13.1 Å². The maximum absolute atomic E-state index is 6.89. The molecule has 0 radical (unpaired) electrons. The van der Waals surface area contributed by atoms with Gasteiger partial charge in [-0.3, -0.25) is 0 Å². The van der Waals surface area contributed by atoms with Crippen molar-refractivity contribution < 1.29 is 4.42 Å². The van der Waals surface area contributed by atoms with Crippen molar-refractivity contribution in [3.63, 3.8) is 0 Å². The molecular weight excluding hydrogens is 823 g/mol. The van der Waals surface area contributed by atoms with Crippen LogP contribution in [0.25, 0.3) is 129 Å². The molecule has 0 saturated heterocycles. The molecule has 0 amide bonds. The molecule has 0 bridgehead atoms. The smallest absolute Gasteiger partial charge is 0.143 e. The molecule has 3 aromatic heterocycles. The van der Waals surface area contributed by atoms with Gasteiger partial charge in [0.2, 0.25) is 0 Å². The van der Waals surface area contributed by atoms with Crippen molar-refractivity contribution in [3.05, 3.63) is 231 Å². The third kappa shape index (κ3) is 5.41. The zero-order valence-electron chi connectivity index (χ0n) is 35.2. The summed E-state index contributed by atoms with van der Waals surface area (Å²) in [6.07, 6.45) is 0. The lowest BCUT2D eigenvalue weighted by atomic mass is 9.85. The lowest BCUT2D eigenvalue weighted by Crippen LogP contribution is -1.91. The fourth-order valence-corrected chi connectivity index (χ4v) is 16.6. The summed E-state index contributed by atoms with van der Waals surface area (Å²) in [5.41, 5.74) is 9.24. The van der Waals surface area contributed by atoms with Crippen LogP contribution in [0.1, 0.15) is 0 Å². The van der Waals surface area contributed by atoms with Gasteiger partial charge in [0.25, 0.3) is 0 Å². The Kier molecular flexibility index (Phi) is 8.17. The van der Waals surface area contributed by atoms with Crippen molar-refractivity contribution in [1.82, 2.24) is 0 Å². The molecule has 14 rings (SSSR count). The number of rotatable bonds is 5. The van der Waals surface area contributed by atoms with Crippen LogP contribution in [0.3, 0.4) is 0 Å². The van der Waals surface area contributed by atoms with E-state index in [0.717, 1.165) is 27.5 Å². The van der Waals surface area contributed by atoms with Gasteiger partial charge >= 0.3 is 0 Å². The monoisotopic (exact) mass is 860 g/mol. The Morgan fingerprint density at radius 1 is 0.262 bits per heavy atom. The minimum Gasteiger partial charge on any atom is -0.455 e. The highest BCUT2D eigenvalue weighted by Crippen LogP contribution is 2.60. The summed E-state index contributed by atoms with van der Waals surface area (Å²) >= 11 is 0. The summed E-state index contributed by atoms with van der Waals surface area (Å²) < 4.78 is 6.89. The van der Waals surface area contributed by atoms with E-state index in [9.17, 15) is 0 Å². The predicted molar refractivity (Wildman–Crippen MR) is 283 cm³/mol. The molecule has 0 spiro atoms. The first-order valence-electron chi connectivity index (χ1n) is 22.4. The molecule has 1 nitrogen and oxygen atoms in total. The van der Waals surface area contributed by atoms with Crippen LogP contribution in [0.4, 0.5) is 0 Å². The molecule has 2 atom stereocenters. The zero-order chi connectivity index (χ0) is 42.6. The SMILES string of the molecule is c1ccc(-p2c3ccccc3c3cccc(-c4cccc5c(-c6cccc7c6oc6ccccc67)c6cccc(-c7cccc8c9ccccc9p(-c9ccccc9)c78)c6cc45)c32)cc1. The summed E-state index contributed by atoms with van der Waals surface area (Å²) in [5, 5.41) is 21.0. The Bertz CT molecular complexity index is 4010. The van der Waals surface area contributed by atoms with Gasteiger partial charge in [-0.05, 0) is 88.1 Å². The third-order valence-corrected chi connectivity index (χ3v) is 18.9. The standard InChI is InChI=1S/C62H38OP2/c1-3-18-39(19-4-1)64-57-36-11-8-23-44(57)51-32-16-30-49(61(51)64)41-25-13-27-46-54(41)38-55-42(26-14-28-47(55)59(46)53-34-15-29-48-43-22-7-10-35-56(43)63-60(48)53)50-31-17-33-52-45-24-9-12-37-58(45)65(62(50)52)40-20-5-2-6-21-40/h1-38H. The number of hydrogen-bond donors (Lipinski definition) is 0. The highest BCUT2D eigenvalue weighted by atomic mass is 31.1. The predicted octanol–water partition coefficient (Wildman–Crippen LogP) is 19.5. The van der Waals surface area contributed by atoms with Gasteiger partial charge in [-0.1, -0.05) is 233 Å². The Hall–Kier alpha value is -7.66. The molecule has 65 heavy (non-hydrogen) atoms. The maximum Gasteiger partial charge on any atom is 0.143 e. The molecule has 0 saturated carbocycles. The van der Waals surface area contributed by atoms with Gasteiger partial charge in [0.15, 0.2) is 0 Å². The van der Waals surface area contributed by atoms with Crippen LogP contribution in [0, 0.1) is 0 Å². The molecule has 0 N–H and O–H groups in total. The van der Waals surface area contributed by atoms with Gasteiger partial charge in [0, 0.05) is 42.4 Å². The van der Waals surface area contributed by atoms with Gasteiger partial charge in [0.05, 0.1) is 0 Å². The van der Waals surface area contributed by atoms with Crippen molar-refractivity contribution >= 4 is 101 Å². The Balaban J connectivity index is 1.15. The molecule has 0 aliphatic rings. The molecule has 14 aromatic rings. The van der Waals surface area contributed by atoms with Crippen molar-refractivity contribution in [2.45, 2.75) is 0 Å². The van der Waals surface area contributed by atoms with E-state index in [2.05, 4.69) is 231 Å².